The lowest BCUT2D eigenvalue weighted by molar-refractivity contribution is 0.101. The summed E-state index contributed by atoms with van der Waals surface area (Å²) in [4.78, 5) is 12.6. The van der Waals surface area contributed by atoms with E-state index in [0.29, 0.717) is 17.9 Å². The van der Waals surface area contributed by atoms with Gasteiger partial charge in [0.1, 0.15) is 5.69 Å². The maximum Gasteiger partial charge on any atom is 0.272 e. The Bertz CT molecular complexity index is 872. The molecule has 0 unspecified atom stereocenters. The number of aryl methyl sites for hydroxylation is 1. The Balaban J connectivity index is 1.80. The highest BCUT2D eigenvalue weighted by Crippen LogP contribution is 2.23. The summed E-state index contributed by atoms with van der Waals surface area (Å²) in [6.07, 6.45) is 3.58. The third kappa shape index (κ3) is 3.88. The van der Waals surface area contributed by atoms with Crippen molar-refractivity contribution in [1.82, 2.24) is 9.29 Å². The fourth-order valence-electron chi connectivity index (χ4n) is 2.35. The van der Waals surface area contributed by atoms with Gasteiger partial charge in [-0.05, 0) is 60.0 Å². The van der Waals surface area contributed by atoms with Crippen molar-refractivity contribution in [1.29, 1.82) is 0 Å². The number of amides is 1. The molecule has 1 saturated carbocycles. The molecule has 0 bridgehead atoms. The SMILES string of the molecule is CCn1cc(Br)cc1C(=O)Nc1cccc(S(=O)(=O)NC2CC2)c1. The number of aromatic nitrogens is 1. The highest BCUT2D eigenvalue weighted by Gasteiger charge is 2.28. The Morgan fingerprint density at radius 2 is 2.08 bits per heavy atom. The van der Waals surface area contributed by atoms with Crippen molar-refractivity contribution in [3.63, 3.8) is 0 Å². The predicted octanol–water partition coefficient (Wildman–Crippen LogP) is 2.96. The number of rotatable bonds is 6. The van der Waals surface area contributed by atoms with Crippen LogP contribution in [-0.4, -0.2) is 24.9 Å². The number of hydrogen-bond acceptors (Lipinski definition) is 3. The van der Waals surface area contributed by atoms with Crippen LogP contribution in [0.4, 0.5) is 5.69 Å². The first-order chi connectivity index (χ1) is 11.4. The molecule has 8 heteroatoms. The summed E-state index contributed by atoms with van der Waals surface area (Å²) in [6.45, 7) is 2.61. The largest absolute Gasteiger partial charge is 0.343 e. The Hall–Kier alpha value is -1.64. The average molecular weight is 412 g/mol. The number of anilines is 1. The summed E-state index contributed by atoms with van der Waals surface area (Å²) >= 11 is 3.36. The molecule has 6 nitrogen and oxygen atoms in total. The fourth-order valence-corrected chi connectivity index (χ4v) is 4.17. The van der Waals surface area contributed by atoms with Crippen molar-refractivity contribution < 1.29 is 13.2 Å². The molecule has 1 aliphatic rings. The zero-order valence-electron chi connectivity index (χ0n) is 13.1. The topological polar surface area (TPSA) is 80.2 Å². The first-order valence-electron chi connectivity index (χ1n) is 7.68. The molecule has 24 heavy (non-hydrogen) atoms. The third-order valence-electron chi connectivity index (χ3n) is 3.74. The lowest BCUT2D eigenvalue weighted by Crippen LogP contribution is -2.25. The van der Waals surface area contributed by atoms with Crippen LogP contribution >= 0.6 is 15.9 Å². The standard InChI is InChI=1S/C16H18BrN3O3S/c1-2-20-10-11(17)8-15(20)16(21)18-13-4-3-5-14(9-13)24(22,23)19-12-6-7-12/h3-5,8-10,12,19H,2,6-7H2,1H3,(H,18,21). The van der Waals surface area contributed by atoms with Crippen molar-refractivity contribution in [3.05, 3.63) is 46.7 Å². The van der Waals surface area contributed by atoms with Gasteiger partial charge in [-0.25, -0.2) is 13.1 Å². The second kappa shape index (κ2) is 6.70. The second-order valence-corrected chi connectivity index (χ2v) is 8.34. The lowest BCUT2D eigenvalue weighted by Gasteiger charge is -2.10. The van der Waals surface area contributed by atoms with E-state index in [1.54, 1.807) is 18.2 Å². The number of carbonyl (C=O) groups excluding carboxylic acids is 1. The van der Waals surface area contributed by atoms with Gasteiger partial charge in [-0.3, -0.25) is 4.79 Å². The molecule has 3 rings (SSSR count). The van der Waals surface area contributed by atoms with Crippen molar-refractivity contribution in [2.24, 2.45) is 0 Å². The molecule has 1 amide bonds. The van der Waals surface area contributed by atoms with Crippen LogP contribution in [0.5, 0.6) is 0 Å². The Kier molecular flexibility index (Phi) is 4.80. The van der Waals surface area contributed by atoms with Gasteiger partial charge in [0.15, 0.2) is 0 Å². The molecule has 1 aromatic heterocycles. The molecule has 0 radical (unpaired) electrons. The summed E-state index contributed by atoms with van der Waals surface area (Å²) in [5.74, 6) is -0.285. The van der Waals surface area contributed by atoms with Gasteiger partial charge in [-0.15, -0.1) is 0 Å². The van der Waals surface area contributed by atoms with E-state index in [2.05, 4.69) is 26.0 Å². The maximum atomic E-state index is 12.4. The molecule has 1 fully saturated rings. The number of nitrogens with one attached hydrogen (secondary N) is 2. The molecule has 0 spiro atoms. The first-order valence-corrected chi connectivity index (χ1v) is 9.96. The van der Waals surface area contributed by atoms with Gasteiger partial charge >= 0.3 is 0 Å². The smallest absolute Gasteiger partial charge is 0.272 e. The predicted molar refractivity (Wildman–Crippen MR) is 95.5 cm³/mol. The van der Waals surface area contributed by atoms with Crippen LogP contribution in [0.25, 0.3) is 0 Å². The zero-order valence-corrected chi connectivity index (χ0v) is 15.5. The molecule has 1 heterocycles. The number of hydrogen-bond donors (Lipinski definition) is 2. The molecule has 2 aromatic rings. The van der Waals surface area contributed by atoms with E-state index < -0.39 is 10.0 Å². The minimum atomic E-state index is -3.54. The molecule has 0 atom stereocenters. The van der Waals surface area contributed by atoms with Gasteiger partial charge in [-0.2, -0.15) is 0 Å². The zero-order chi connectivity index (χ0) is 17.3. The Labute approximate surface area is 149 Å². The molecular weight excluding hydrogens is 394 g/mol. The van der Waals surface area contributed by atoms with E-state index in [4.69, 9.17) is 0 Å². The fraction of sp³-hybridized carbons (Fsp3) is 0.312. The minimum absolute atomic E-state index is 0.0402. The normalized spacial score (nSPS) is 14.6. The number of nitrogens with zero attached hydrogens (tertiary/aromatic N) is 1. The van der Waals surface area contributed by atoms with Crippen LogP contribution in [-0.2, 0) is 16.6 Å². The van der Waals surface area contributed by atoms with Gasteiger partial charge in [-0.1, -0.05) is 6.07 Å². The summed E-state index contributed by atoms with van der Waals surface area (Å²) < 4.78 is 29.8. The molecule has 0 aliphatic heterocycles. The molecule has 2 N–H and O–H groups in total. The van der Waals surface area contributed by atoms with E-state index in [-0.39, 0.29) is 16.8 Å². The third-order valence-corrected chi connectivity index (χ3v) is 5.69. The van der Waals surface area contributed by atoms with Crippen molar-refractivity contribution in [2.75, 3.05) is 5.32 Å². The number of halogens is 1. The van der Waals surface area contributed by atoms with E-state index in [1.165, 1.54) is 12.1 Å². The number of carbonyl (C=O) groups is 1. The Morgan fingerprint density at radius 1 is 1.33 bits per heavy atom. The van der Waals surface area contributed by atoms with Crippen LogP contribution in [0.1, 0.15) is 30.3 Å². The summed E-state index contributed by atoms with van der Waals surface area (Å²) in [7, 11) is -3.54. The van der Waals surface area contributed by atoms with Crippen molar-refractivity contribution >= 4 is 37.5 Å². The second-order valence-electron chi connectivity index (χ2n) is 5.71. The first kappa shape index (κ1) is 17.2. The highest BCUT2D eigenvalue weighted by molar-refractivity contribution is 9.10. The monoisotopic (exact) mass is 411 g/mol. The van der Waals surface area contributed by atoms with Crippen molar-refractivity contribution in [2.45, 2.75) is 37.2 Å². The lowest BCUT2D eigenvalue weighted by atomic mass is 10.3. The van der Waals surface area contributed by atoms with E-state index in [9.17, 15) is 13.2 Å². The Morgan fingerprint density at radius 3 is 2.75 bits per heavy atom. The van der Waals surface area contributed by atoms with Gasteiger partial charge in [0.05, 0.1) is 4.90 Å². The summed E-state index contributed by atoms with van der Waals surface area (Å²) in [5.41, 5.74) is 0.951. The maximum absolute atomic E-state index is 12.4. The summed E-state index contributed by atoms with van der Waals surface area (Å²) in [5, 5.41) is 2.75. The van der Waals surface area contributed by atoms with E-state index in [1.807, 2.05) is 17.7 Å². The number of benzene rings is 1. The molecule has 1 aliphatic carbocycles. The van der Waals surface area contributed by atoms with Crippen LogP contribution in [0.15, 0.2) is 45.9 Å². The molecule has 1 aromatic carbocycles. The molecular formula is C16H18BrN3O3S. The van der Waals surface area contributed by atoms with Crippen LogP contribution in [0, 0.1) is 0 Å². The summed E-state index contributed by atoms with van der Waals surface area (Å²) in [6, 6.07) is 8.05. The van der Waals surface area contributed by atoms with Crippen LogP contribution in [0.3, 0.4) is 0 Å². The minimum Gasteiger partial charge on any atom is -0.343 e. The number of sulfonamides is 1. The van der Waals surface area contributed by atoms with Gasteiger partial charge in [0.2, 0.25) is 10.0 Å². The van der Waals surface area contributed by atoms with Gasteiger partial charge in [0.25, 0.3) is 5.91 Å². The molecule has 0 saturated heterocycles. The van der Waals surface area contributed by atoms with Gasteiger partial charge < -0.3 is 9.88 Å². The quantitative estimate of drug-likeness (QED) is 0.766. The van der Waals surface area contributed by atoms with E-state index in [0.717, 1.165) is 17.3 Å². The average Bonchev–Trinajstić information content (AvgIpc) is 3.25. The highest BCUT2D eigenvalue weighted by atomic mass is 79.9. The van der Waals surface area contributed by atoms with E-state index >= 15 is 0 Å². The van der Waals surface area contributed by atoms with Gasteiger partial charge in [0, 0.05) is 28.9 Å². The van der Waals surface area contributed by atoms with Crippen LogP contribution < -0.4 is 10.0 Å². The van der Waals surface area contributed by atoms with Crippen LogP contribution in [0.2, 0.25) is 0 Å². The van der Waals surface area contributed by atoms with Crippen molar-refractivity contribution in [3.8, 4) is 0 Å². The molecule has 128 valence electrons.